The third kappa shape index (κ3) is 3.24. The molecule has 0 unspecified atom stereocenters. The van der Waals surface area contributed by atoms with Gasteiger partial charge in [-0.15, -0.1) is 0 Å². The number of aromatic nitrogens is 2. The van der Waals surface area contributed by atoms with Crippen LogP contribution in [0.1, 0.15) is 47.7 Å². The Bertz CT molecular complexity index is 884. The molecule has 2 amide bonds. The normalized spacial score (nSPS) is 22.2. The fraction of sp³-hybridized carbons (Fsp3) is 0.368. The second kappa shape index (κ2) is 6.74. The molecule has 4 rings (SSSR count). The molecule has 26 heavy (non-hydrogen) atoms. The van der Waals surface area contributed by atoms with Crippen molar-refractivity contribution in [1.82, 2.24) is 15.3 Å². The van der Waals surface area contributed by atoms with Crippen molar-refractivity contribution in [2.45, 2.75) is 37.6 Å². The molecule has 1 saturated carbocycles. The van der Waals surface area contributed by atoms with Gasteiger partial charge < -0.3 is 15.2 Å². The number of carbonyl (C=O) groups is 2. The molecule has 1 aliphatic carbocycles. The Morgan fingerprint density at radius 3 is 2.62 bits per heavy atom. The van der Waals surface area contributed by atoms with Crippen molar-refractivity contribution in [2.24, 2.45) is 0 Å². The van der Waals surface area contributed by atoms with Crippen LogP contribution in [0.15, 0.2) is 41.5 Å². The Morgan fingerprint density at radius 1 is 1.19 bits per heavy atom. The zero-order valence-electron chi connectivity index (χ0n) is 14.3. The number of rotatable bonds is 4. The van der Waals surface area contributed by atoms with Crippen LogP contribution in [0.25, 0.3) is 0 Å². The largest absolute Gasteiger partial charge is 0.349 e. The maximum absolute atomic E-state index is 12.4. The topological polar surface area (TPSA) is 95.2 Å². The Hall–Kier alpha value is -2.96. The lowest BCUT2D eigenvalue weighted by Gasteiger charge is -2.35. The molecule has 0 spiro atoms. The van der Waals surface area contributed by atoms with E-state index < -0.39 is 0 Å². The van der Waals surface area contributed by atoms with E-state index in [4.69, 9.17) is 0 Å². The summed E-state index contributed by atoms with van der Waals surface area (Å²) in [5.74, 6) is 0.230. The van der Waals surface area contributed by atoms with Gasteiger partial charge in [-0.05, 0) is 43.5 Å². The number of carbonyl (C=O) groups excluding carboxylic acids is 2. The van der Waals surface area contributed by atoms with Gasteiger partial charge in [0.05, 0.1) is 12.0 Å². The summed E-state index contributed by atoms with van der Waals surface area (Å²) in [5, 5.41) is 3.01. The van der Waals surface area contributed by atoms with E-state index in [1.165, 1.54) is 12.4 Å². The highest BCUT2D eigenvalue weighted by atomic mass is 16.2. The highest BCUT2D eigenvalue weighted by molar-refractivity contribution is 5.97. The standard InChI is InChI=1S/C19H20N4O3/c24-17-10-16(20-11-21-17)13-8-14(9-13)22-19(26)12-3-5-15(6-4-12)23-7-1-2-18(23)25/h3-6,10-11,13-14H,1-2,7-9H2,(H,22,26)(H,20,21,24). The second-order valence-corrected chi connectivity index (χ2v) is 6.87. The minimum absolute atomic E-state index is 0.0911. The van der Waals surface area contributed by atoms with Gasteiger partial charge in [-0.25, -0.2) is 4.98 Å². The molecule has 1 saturated heterocycles. The van der Waals surface area contributed by atoms with Gasteiger partial charge in [0.15, 0.2) is 0 Å². The van der Waals surface area contributed by atoms with Crippen LogP contribution in [0.2, 0.25) is 0 Å². The Morgan fingerprint density at radius 2 is 1.96 bits per heavy atom. The van der Waals surface area contributed by atoms with Crippen molar-refractivity contribution in [3.63, 3.8) is 0 Å². The monoisotopic (exact) mass is 352 g/mol. The predicted molar refractivity (Wildman–Crippen MR) is 96.1 cm³/mol. The van der Waals surface area contributed by atoms with Crippen molar-refractivity contribution in [3.8, 4) is 0 Å². The van der Waals surface area contributed by atoms with Crippen LogP contribution in [0.5, 0.6) is 0 Å². The highest BCUT2D eigenvalue weighted by Gasteiger charge is 2.32. The fourth-order valence-corrected chi connectivity index (χ4v) is 3.57. The molecule has 2 N–H and O–H groups in total. The lowest BCUT2D eigenvalue weighted by Crippen LogP contribution is -2.43. The van der Waals surface area contributed by atoms with Crippen LogP contribution >= 0.6 is 0 Å². The predicted octanol–water partition coefficient (Wildman–Crippen LogP) is 1.57. The summed E-state index contributed by atoms with van der Waals surface area (Å²) in [7, 11) is 0. The van der Waals surface area contributed by atoms with Gasteiger partial charge in [-0.1, -0.05) is 0 Å². The number of benzene rings is 1. The molecule has 2 heterocycles. The molecule has 2 aliphatic rings. The summed E-state index contributed by atoms with van der Waals surface area (Å²) in [6.45, 7) is 0.740. The Balaban J connectivity index is 1.33. The van der Waals surface area contributed by atoms with Crippen molar-refractivity contribution in [2.75, 3.05) is 11.4 Å². The summed E-state index contributed by atoms with van der Waals surface area (Å²) in [5.41, 5.74) is 2.05. The lowest BCUT2D eigenvalue weighted by molar-refractivity contribution is -0.117. The smallest absolute Gasteiger partial charge is 0.251 e. The molecule has 1 aromatic heterocycles. The van der Waals surface area contributed by atoms with Crippen molar-refractivity contribution in [1.29, 1.82) is 0 Å². The summed E-state index contributed by atoms with van der Waals surface area (Å²) in [6.07, 6.45) is 4.45. The van der Waals surface area contributed by atoms with Gasteiger partial charge in [0.25, 0.3) is 11.5 Å². The number of aromatic amines is 1. The number of nitrogens with zero attached hydrogens (tertiary/aromatic N) is 2. The van der Waals surface area contributed by atoms with E-state index in [1.807, 2.05) is 12.1 Å². The summed E-state index contributed by atoms with van der Waals surface area (Å²) >= 11 is 0. The molecule has 2 fully saturated rings. The number of amides is 2. The highest BCUT2D eigenvalue weighted by Crippen LogP contribution is 2.35. The van der Waals surface area contributed by atoms with E-state index in [0.717, 1.165) is 37.2 Å². The minimum Gasteiger partial charge on any atom is -0.349 e. The van der Waals surface area contributed by atoms with E-state index in [-0.39, 0.29) is 29.3 Å². The van der Waals surface area contributed by atoms with Crippen LogP contribution in [0, 0.1) is 0 Å². The molecule has 0 bridgehead atoms. The van der Waals surface area contributed by atoms with Gasteiger partial charge in [0.1, 0.15) is 0 Å². The van der Waals surface area contributed by atoms with Crippen LogP contribution in [0.4, 0.5) is 5.69 Å². The third-order valence-electron chi connectivity index (χ3n) is 5.11. The van der Waals surface area contributed by atoms with E-state index in [2.05, 4.69) is 15.3 Å². The SMILES string of the molecule is O=C(NC1CC(c2cc(=O)[nH]cn2)C1)c1ccc(N2CCCC2=O)cc1. The molecular formula is C19H20N4O3. The first-order valence-electron chi connectivity index (χ1n) is 8.86. The Labute approximate surface area is 150 Å². The average Bonchev–Trinajstić information content (AvgIpc) is 3.03. The minimum atomic E-state index is -0.154. The maximum Gasteiger partial charge on any atom is 0.251 e. The summed E-state index contributed by atoms with van der Waals surface area (Å²) < 4.78 is 0. The molecule has 134 valence electrons. The zero-order valence-corrected chi connectivity index (χ0v) is 14.3. The first-order valence-corrected chi connectivity index (χ1v) is 8.86. The average molecular weight is 352 g/mol. The number of hydrogen-bond acceptors (Lipinski definition) is 4. The third-order valence-corrected chi connectivity index (χ3v) is 5.11. The summed E-state index contributed by atoms with van der Waals surface area (Å²) in [4.78, 5) is 43.9. The van der Waals surface area contributed by atoms with Gasteiger partial charge >= 0.3 is 0 Å². The van der Waals surface area contributed by atoms with Crippen molar-refractivity contribution in [3.05, 3.63) is 58.3 Å². The van der Waals surface area contributed by atoms with Crippen LogP contribution in [-0.4, -0.2) is 34.4 Å². The van der Waals surface area contributed by atoms with Gasteiger partial charge in [-0.3, -0.25) is 14.4 Å². The second-order valence-electron chi connectivity index (χ2n) is 6.87. The number of hydrogen-bond donors (Lipinski definition) is 2. The molecule has 7 nitrogen and oxygen atoms in total. The van der Waals surface area contributed by atoms with E-state index in [0.29, 0.717) is 12.0 Å². The number of nitrogens with one attached hydrogen (secondary N) is 2. The molecule has 0 radical (unpaired) electrons. The molecule has 2 aromatic rings. The maximum atomic E-state index is 12.4. The zero-order chi connectivity index (χ0) is 18.1. The fourth-order valence-electron chi connectivity index (χ4n) is 3.57. The molecule has 1 aromatic carbocycles. The van der Waals surface area contributed by atoms with E-state index in [9.17, 15) is 14.4 Å². The summed E-state index contributed by atoms with van der Waals surface area (Å²) in [6, 6.07) is 8.76. The van der Waals surface area contributed by atoms with Crippen LogP contribution in [0.3, 0.4) is 0 Å². The molecule has 0 atom stereocenters. The number of H-pyrrole nitrogens is 1. The van der Waals surface area contributed by atoms with Gasteiger partial charge in [-0.2, -0.15) is 0 Å². The Kier molecular flexibility index (Phi) is 4.28. The lowest BCUT2D eigenvalue weighted by atomic mass is 9.78. The quantitative estimate of drug-likeness (QED) is 0.873. The molecule has 1 aliphatic heterocycles. The first kappa shape index (κ1) is 16.5. The molecular weight excluding hydrogens is 332 g/mol. The van der Waals surface area contributed by atoms with Crippen molar-refractivity contribution >= 4 is 17.5 Å². The number of anilines is 1. The van der Waals surface area contributed by atoms with Gasteiger partial charge in [0, 0.05) is 42.2 Å². The van der Waals surface area contributed by atoms with Crippen molar-refractivity contribution < 1.29 is 9.59 Å². The van der Waals surface area contributed by atoms with Crippen LogP contribution < -0.4 is 15.8 Å². The van der Waals surface area contributed by atoms with Crippen LogP contribution in [-0.2, 0) is 4.79 Å². The molecule has 7 heteroatoms. The first-order chi connectivity index (χ1) is 12.6. The van der Waals surface area contributed by atoms with E-state index in [1.54, 1.807) is 17.0 Å². The van der Waals surface area contributed by atoms with Gasteiger partial charge in [0.2, 0.25) is 5.91 Å². The van der Waals surface area contributed by atoms with E-state index >= 15 is 0 Å².